The number of methoxy groups -OCH3 is 1. The van der Waals surface area contributed by atoms with E-state index in [4.69, 9.17) is 21.1 Å². The van der Waals surface area contributed by atoms with Crippen LogP contribution in [0.15, 0.2) is 47.6 Å². The van der Waals surface area contributed by atoms with E-state index in [1.165, 1.54) is 19.3 Å². The Hall–Kier alpha value is -2.20. The summed E-state index contributed by atoms with van der Waals surface area (Å²) in [5, 5.41) is 7.38. The Balaban J connectivity index is 1.66. The molecule has 2 aromatic rings. The molecule has 0 unspecified atom stereocenters. The van der Waals surface area contributed by atoms with Crippen molar-refractivity contribution < 1.29 is 9.47 Å². The van der Waals surface area contributed by atoms with E-state index in [1.54, 1.807) is 7.11 Å². The summed E-state index contributed by atoms with van der Waals surface area (Å²) < 4.78 is 11.3. The highest BCUT2D eigenvalue weighted by atomic mass is 35.5. The monoisotopic (exact) mass is 358 g/mol. The average molecular weight is 359 g/mol. The largest absolute Gasteiger partial charge is 0.493 e. The zero-order valence-corrected chi connectivity index (χ0v) is 15.2. The predicted molar refractivity (Wildman–Crippen MR) is 102 cm³/mol. The first kappa shape index (κ1) is 17.6. The maximum absolute atomic E-state index is 6.17. The van der Waals surface area contributed by atoms with Crippen molar-refractivity contribution in [1.82, 2.24) is 5.01 Å². The lowest BCUT2D eigenvalue weighted by Gasteiger charge is -2.23. The highest BCUT2D eigenvalue weighted by Gasteiger charge is 2.09. The van der Waals surface area contributed by atoms with Gasteiger partial charge in [0.2, 0.25) is 0 Å². The number of rotatable bonds is 6. The minimum absolute atomic E-state index is 0.400. The van der Waals surface area contributed by atoms with Gasteiger partial charge >= 0.3 is 0 Å². The molecule has 1 saturated heterocycles. The van der Waals surface area contributed by atoms with Gasteiger partial charge in [0.05, 0.1) is 13.3 Å². The molecule has 0 bridgehead atoms. The van der Waals surface area contributed by atoms with E-state index >= 15 is 0 Å². The van der Waals surface area contributed by atoms with Gasteiger partial charge in [-0.25, -0.2) is 0 Å². The van der Waals surface area contributed by atoms with Crippen LogP contribution in [0.2, 0.25) is 5.02 Å². The molecule has 1 aliphatic rings. The van der Waals surface area contributed by atoms with Crippen molar-refractivity contribution in [2.24, 2.45) is 5.10 Å². The van der Waals surface area contributed by atoms with E-state index < -0.39 is 0 Å². The lowest BCUT2D eigenvalue weighted by atomic mass is 10.2. The molecule has 4 nitrogen and oxygen atoms in total. The van der Waals surface area contributed by atoms with Crippen molar-refractivity contribution >= 4 is 17.8 Å². The molecule has 5 heteroatoms. The number of benzene rings is 2. The molecule has 0 radical (unpaired) electrons. The smallest absolute Gasteiger partial charge is 0.161 e. The fourth-order valence-electron chi connectivity index (χ4n) is 2.80. The standard InChI is InChI=1S/C20H23ClN2O2/c1-24-20-13-16(14-22-23-11-5-2-6-12-23)9-10-19(20)25-15-17-7-3-4-8-18(17)21/h3-4,7-10,13-14H,2,5-6,11-12,15H2,1H3. The molecule has 1 fully saturated rings. The second kappa shape index (κ2) is 8.77. The number of hydrogen-bond donors (Lipinski definition) is 0. The van der Waals surface area contributed by atoms with Crippen LogP contribution >= 0.6 is 11.6 Å². The van der Waals surface area contributed by atoms with Crippen LogP contribution in [0.3, 0.4) is 0 Å². The van der Waals surface area contributed by atoms with Gasteiger partial charge in [0.1, 0.15) is 6.61 Å². The molecule has 0 aliphatic carbocycles. The van der Waals surface area contributed by atoms with Gasteiger partial charge in [0.15, 0.2) is 11.5 Å². The van der Waals surface area contributed by atoms with E-state index in [0.29, 0.717) is 23.1 Å². The predicted octanol–water partition coefficient (Wildman–Crippen LogP) is 4.75. The molecule has 2 aromatic carbocycles. The Morgan fingerprint density at radius 2 is 1.88 bits per heavy atom. The number of hydrogen-bond acceptors (Lipinski definition) is 4. The molecule has 1 aliphatic heterocycles. The molecular formula is C20H23ClN2O2. The molecule has 3 rings (SSSR count). The van der Waals surface area contributed by atoms with Crippen LogP contribution in [0, 0.1) is 0 Å². The lowest BCUT2D eigenvalue weighted by Crippen LogP contribution is -2.24. The van der Waals surface area contributed by atoms with Crippen molar-refractivity contribution in [1.29, 1.82) is 0 Å². The Bertz CT molecular complexity index is 727. The third-order valence-electron chi connectivity index (χ3n) is 4.23. The Kier molecular flexibility index (Phi) is 6.18. The number of hydrazone groups is 1. The van der Waals surface area contributed by atoms with Gasteiger partial charge in [-0.1, -0.05) is 29.8 Å². The number of halogens is 1. The van der Waals surface area contributed by atoms with Crippen molar-refractivity contribution in [3.63, 3.8) is 0 Å². The summed E-state index contributed by atoms with van der Waals surface area (Å²) in [6.45, 7) is 2.47. The summed E-state index contributed by atoms with van der Waals surface area (Å²) in [5.74, 6) is 1.38. The minimum Gasteiger partial charge on any atom is -0.493 e. The van der Waals surface area contributed by atoms with Crippen LogP contribution in [0.5, 0.6) is 11.5 Å². The molecule has 0 aromatic heterocycles. The maximum Gasteiger partial charge on any atom is 0.161 e. The highest BCUT2D eigenvalue weighted by molar-refractivity contribution is 6.31. The second-order valence-corrected chi connectivity index (χ2v) is 6.46. The van der Waals surface area contributed by atoms with Crippen LogP contribution in [0.1, 0.15) is 30.4 Å². The van der Waals surface area contributed by atoms with Crippen LogP contribution in [0.25, 0.3) is 0 Å². The SMILES string of the molecule is COc1cc(C=NN2CCCCC2)ccc1OCc1ccccc1Cl. The van der Waals surface area contributed by atoms with Gasteiger partial charge in [0, 0.05) is 23.7 Å². The van der Waals surface area contributed by atoms with Gasteiger partial charge in [-0.15, -0.1) is 0 Å². The molecular weight excluding hydrogens is 336 g/mol. The number of nitrogens with zero attached hydrogens (tertiary/aromatic N) is 2. The minimum atomic E-state index is 0.400. The molecule has 0 amide bonds. The third-order valence-corrected chi connectivity index (χ3v) is 4.60. The first-order valence-electron chi connectivity index (χ1n) is 8.59. The van der Waals surface area contributed by atoms with Crippen LogP contribution in [-0.4, -0.2) is 31.4 Å². The summed E-state index contributed by atoms with van der Waals surface area (Å²) >= 11 is 6.17. The highest BCUT2D eigenvalue weighted by Crippen LogP contribution is 2.29. The summed E-state index contributed by atoms with van der Waals surface area (Å²) in [7, 11) is 1.64. The van der Waals surface area contributed by atoms with Crippen molar-refractivity contribution in [3.8, 4) is 11.5 Å². The van der Waals surface area contributed by atoms with Crippen LogP contribution in [-0.2, 0) is 6.61 Å². The van der Waals surface area contributed by atoms with Gasteiger partial charge in [0.25, 0.3) is 0 Å². The maximum atomic E-state index is 6.17. The molecule has 0 atom stereocenters. The second-order valence-electron chi connectivity index (χ2n) is 6.05. The van der Waals surface area contributed by atoms with Gasteiger partial charge in [-0.2, -0.15) is 5.10 Å². The van der Waals surface area contributed by atoms with E-state index in [0.717, 1.165) is 24.2 Å². The van der Waals surface area contributed by atoms with Crippen molar-refractivity contribution in [2.45, 2.75) is 25.9 Å². The number of ether oxygens (including phenoxy) is 2. The Morgan fingerprint density at radius 3 is 2.64 bits per heavy atom. The van der Waals surface area contributed by atoms with E-state index in [9.17, 15) is 0 Å². The van der Waals surface area contributed by atoms with Gasteiger partial charge < -0.3 is 9.47 Å². The zero-order valence-electron chi connectivity index (χ0n) is 14.5. The first-order chi connectivity index (χ1) is 12.3. The fraction of sp³-hybridized carbons (Fsp3) is 0.350. The van der Waals surface area contributed by atoms with Gasteiger partial charge in [-0.05, 0) is 49.1 Å². The molecule has 0 saturated carbocycles. The van der Waals surface area contributed by atoms with Crippen LogP contribution in [0.4, 0.5) is 0 Å². The van der Waals surface area contributed by atoms with E-state index in [-0.39, 0.29) is 0 Å². The topological polar surface area (TPSA) is 34.1 Å². The van der Waals surface area contributed by atoms with Crippen molar-refractivity contribution in [2.75, 3.05) is 20.2 Å². The quantitative estimate of drug-likeness (QED) is 0.699. The molecule has 25 heavy (non-hydrogen) atoms. The fourth-order valence-corrected chi connectivity index (χ4v) is 2.99. The van der Waals surface area contributed by atoms with Crippen molar-refractivity contribution in [3.05, 3.63) is 58.6 Å². The summed E-state index contributed by atoms with van der Waals surface area (Å²) in [6.07, 6.45) is 5.62. The summed E-state index contributed by atoms with van der Waals surface area (Å²) in [4.78, 5) is 0. The number of piperidine rings is 1. The zero-order chi connectivity index (χ0) is 17.5. The molecule has 132 valence electrons. The summed E-state index contributed by atoms with van der Waals surface area (Å²) in [5.41, 5.74) is 1.94. The Labute approximate surface area is 154 Å². The Morgan fingerprint density at radius 1 is 1.08 bits per heavy atom. The third kappa shape index (κ3) is 4.89. The van der Waals surface area contributed by atoms with E-state index in [2.05, 4.69) is 10.1 Å². The van der Waals surface area contributed by atoms with Gasteiger partial charge in [-0.3, -0.25) is 5.01 Å². The molecule has 0 spiro atoms. The lowest BCUT2D eigenvalue weighted by molar-refractivity contribution is 0.240. The average Bonchev–Trinajstić information content (AvgIpc) is 2.67. The summed E-state index contributed by atoms with van der Waals surface area (Å²) in [6, 6.07) is 13.5. The van der Waals surface area contributed by atoms with Crippen LogP contribution < -0.4 is 9.47 Å². The molecule has 1 heterocycles. The molecule has 0 N–H and O–H groups in total. The normalized spacial score (nSPS) is 14.7. The van der Waals surface area contributed by atoms with E-state index in [1.807, 2.05) is 48.7 Å². The first-order valence-corrected chi connectivity index (χ1v) is 8.97.